The maximum absolute atomic E-state index is 13.4. The minimum Gasteiger partial charge on any atom is -0.345 e. The van der Waals surface area contributed by atoms with Crippen molar-refractivity contribution in [2.24, 2.45) is 11.8 Å². The van der Waals surface area contributed by atoms with Crippen LogP contribution in [-0.2, 0) is 9.59 Å². The summed E-state index contributed by atoms with van der Waals surface area (Å²) >= 11 is 0. The van der Waals surface area contributed by atoms with Crippen molar-refractivity contribution < 1.29 is 14.4 Å². The van der Waals surface area contributed by atoms with Crippen molar-refractivity contribution in [3.05, 3.63) is 35.4 Å². The van der Waals surface area contributed by atoms with Crippen molar-refractivity contribution >= 4 is 17.7 Å². The first-order valence-corrected chi connectivity index (χ1v) is 12.3. The second kappa shape index (κ2) is 8.38. The number of amides is 3. The Morgan fingerprint density at radius 3 is 2.65 bits per heavy atom. The highest BCUT2D eigenvalue weighted by atomic mass is 16.2. The highest BCUT2D eigenvalue weighted by molar-refractivity contribution is 5.94. The normalized spacial score (nSPS) is 31.3. The summed E-state index contributed by atoms with van der Waals surface area (Å²) < 4.78 is 0. The molecule has 3 heterocycles. The van der Waals surface area contributed by atoms with Crippen LogP contribution in [0.3, 0.4) is 0 Å². The van der Waals surface area contributed by atoms with E-state index in [1.54, 1.807) is 25.1 Å². The van der Waals surface area contributed by atoms with Crippen molar-refractivity contribution in [2.45, 2.75) is 63.3 Å². The van der Waals surface area contributed by atoms with Crippen LogP contribution in [0.25, 0.3) is 0 Å². The van der Waals surface area contributed by atoms with Crippen molar-refractivity contribution in [3.8, 4) is 6.07 Å². The summed E-state index contributed by atoms with van der Waals surface area (Å²) in [6.45, 7) is 5.25. The number of piperazine rings is 1. The van der Waals surface area contributed by atoms with E-state index in [0.717, 1.165) is 31.4 Å². The molecule has 180 valence electrons. The zero-order chi connectivity index (χ0) is 24.3. The van der Waals surface area contributed by atoms with Gasteiger partial charge in [-0.3, -0.25) is 19.3 Å². The first kappa shape index (κ1) is 22.9. The van der Waals surface area contributed by atoms with Gasteiger partial charge in [-0.25, -0.2) is 0 Å². The van der Waals surface area contributed by atoms with Crippen LogP contribution in [0.2, 0.25) is 0 Å². The quantitative estimate of drug-likeness (QED) is 0.643. The zero-order valence-electron chi connectivity index (χ0n) is 20.3. The van der Waals surface area contributed by atoms with Gasteiger partial charge in [0.2, 0.25) is 11.8 Å². The van der Waals surface area contributed by atoms with Crippen LogP contribution in [0.1, 0.15) is 55.1 Å². The molecule has 0 radical (unpaired) electrons. The topological polar surface area (TPSA) is 88.0 Å². The number of piperidine rings is 1. The van der Waals surface area contributed by atoms with Crippen LogP contribution < -0.4 is 0 Å². The molecule has 7 atom stereocenters. The Kier molecular flexibility index (Phi) is 5.64. The third kappa shape index (κ3) is 3.67. The lowest BCUT2D eigenvalue weighted by Crippen LogP contribution is -2.53. The summed E-state index contributed by atoms with van der Waals surface area (Å²) in [5.41, 5.74) is 1.58. The average molecular weight is 464 g/mol. The molecule has 1 aromatic carbocycles. The van der Waals surface area contributed by atoms with Crippen molar-refractivity contribution in [1.82, 2.24) is 19.6 Å². The zero-order valence-corrected chi connectivity index (χ0v) is 20.3. The fourth-order valence-electron chi connectivity index (χ4n) is 6.32. The van der Waals surface area contributed by atoms with Crippen LogP contribution in [0.4, 0.5) is 0 Å². The second-order valence-electron chi connectivity index (χ2n) is 10.7. The van der Waals surface area contributed by atoms with E-state index in [1.807, 2.05) is 41.8 Å². The summed E-state index contributed by atoms with van der Waals surface area (Å²) in [5.74, 6) is 0.376. The van der Waals surface area contributed by atoms with Crippen LogP contribution in [0.5, 0.6) is 0 Å². The Bertz CT molecular complexity index is 1060. The monoisotopic (exact) mass is 463 g/mol. The highest BCUT2D eigenvalue weighted by Gasteiger charge is 2.55. The smallest absolute Gasteiger partial charge is 0.253 e. The molecule has 3 aliphatic heterocycles. The Morgan fingerprint density at radius 2 is 1.97 bits per heavy atom. The number of fused-ring (bicyclic) bond motifs is 3. The fraction of sp³-hybridized carbons (Fsp3) is 0.615. The molecule has 1 saturated carbocycles. The van der Waals surface area contributed by atoms with Gasteiger partial charge in [0.15, 0.2) is 0 Å². The molecular weight excluding hydrogens is 430 g/mol. The van der Waals surface area contributed by atoms with Gasteiger partial charge in [-0.05, 0) is 49.8 Å². The second-order valence-corrected chi connectivity index (χ2v) is 10.7. The lowest BCUT2D eigenvalue weighted by molar-refractivity contribution is -0.142. The number of rotatable bonds is 6. The molecule has 1 aliphatic carbocycles. The van der Waals surface area contributed by atoms with Gasteiger partial charge in [0.1, 0.15) is 6.04 Å². The van der Waals surface area contributed by atoms with E-state index in [4.69, 9.17) is 0 Å². The van der Waals surface area contributed by atoms with E-state index in [-0.39, 0.29) is 53.8 Å². The molecule has 3 amide bonds. The molecule has 0 N–H and O–H groups in total. The molecule has 34 heavy (non-hydrogen) atoms. The Hall–Kier alpha value is -2.92. The first-order chi connectivity index (χ1) is 16.2. The van der Waals surface area contributed by atoms with Crippen molar-refractivity contribution in [3.63, 3.8) is 0 Å². The number of nitrogens with zero attached hydrogens (tertiary/aromatic N) is 5. The molecule has 3 saturated heterocycles. The lowest BCUT2D eigenvalue weighted by atomic mass is 10.0. The first-order valence-electron chi connectivity index (χ1n) is 12.3. The Labute approximate surface area is 201 Å². The summed E-state index contributed by atoms with van der Waals surface area (Å²) in [5, 5.41) is 9.43. The molecule has 8 heteroatoms. The van der Waals surface area contributed by atoms with Gasteiger partial charge in [-0.1, -0.05) is 19.1 Å². The minimum atomic E-state index is -0.290. The molecule has 2 bridgehead atoms. The van der Waals surface area contributed by atoms with E-state index in [2.05, 4.69) is 11.0 Å². The Morgan fingerprint density at radius 1 is 1.21 bits per heavy atom. The number of benzene rings is 1. The predicted molar refractivity (Wildman–Crippen MR) is 125 cm³/mol. The largest absolute Gasteiger partial charge is 0.345 e. The van der Waals surface area contributed by atoms with Gasteiger partial charge in [-0.2, -0.15) is 5.26 Å². The third-order valence-corrected chi connectivity index (χ3v) is 8.19. The standard InChI is InChI=1S/C26H33N5O3/c1-15(24(32)31-20(12-27)9-19-10-22(19)31)13-29-14-21-11-23(29)26(34)30(21)16(2)17-6-5-7-18(8-17)25(33)28(3)4/h5-8,15-16,19-23H,9-11,13-14H2,1-4H3/t15-,16+,19+,20-,21-,22?,23-/m0/s1. The van der Waals surface area contributed by atoms with Crippen LogP contribution in [0, 0.1) is 23.2 Å². The number of likely N-dealkylation sites (tertiary alicyclic amines) is 3. The van der Waals surface area contributed by atoms with Gasteiger partial charge in [-0.15, -0.1) is 0 Å². The van der Waals surface area contributed by atoms with Crippen molar-refractivity contribution in [2.75, 3.05) is 27.2 Å². The number of carbonyl (C=O) groups is 3. The molecule has 1 aromatic rings. The lowest BCUT2D eigenvalue weighted by Gasteiger charge is -2.38. The summed E-state index contributed by atoms with van der Waals surface area (Å²) in [6.07, 6.45) is 2.61. The van der Waals surface area contributed by atoms with E-state index in [9.17, 15) is 19.6 Å². The number of carbonyl (C=O) groups excluding carboxylic acids is 3. The minimum absolute atomic E-state index is 0.0534. The number of hydrogen-bond acceptors (Lipinski definition) is 5. The number of hydrogen-bond donors (Lipinski definition) is 0. The molecule has 8 nitrogen and oxygen atoms in total. The molecular formula is C26H33N5O3. The molecule has 1 unspecified atom stereocenters. The SMILES string of the molecule is C[C@H](c1cccc(C(=O)N(C)C)c1)N1C(=O)[C@@H]2C[C@H]1CN2C[C@H](C)C(=O)N1C2C[C@H]2C[C@H]1C#N. The number of nitriles is 1. The van der Waals surface area contributed by atoms with Crippen molar-refractivity contribution in [1.29, 1.82) is 5.26 Å². The molecule has 0 aromatic heterocycles. The van der Waals surface area contributed by atoms with Crippen LogP contribution >= 0.6 is 0 Å². The summed E-state index contributed by atoms with van der Waals surface area (Å²) in [6, 6.07) is 9.58. The van der Waals surface area contributed by atoms with E-state index in [0.29, 0.717) is 18.0 Å². The maximum Gasteiger partial charge on any atom is 0.253 e. The van der Waals surface area contributed by atoms with Gasteiger partial charge >= 0.3 is 0 Å². The molecule has 4 fully saturated rings. The highest BCUT2D eigenvalue weighted by Crippen LogP contribution is 2.48. The van der Waals surface area contributed by atoms with Crippen LogP contribution in [-0.4, -0.2) is 88.7 Å². The summed E-state index contributed by atoms with van der Waals surface area (Å²) in [4.78, 5) is 46.4. The fourth-order valence-corrected chi connectivity index (χ4v) is 6.32. The summed E-state index contributed by atoms with van der Waals surface area (Å²) in [7, 11) is 3.46. The molecule has 4 aliphatic rings. The van der Waals surface area contributed by atoms with E-state index in [1.165, 1.54) is 0 Å². The average Bonchev–Trinajstić information content (AvgIpc) is 3.15. The van der Waals surface area contributed by atoms with E-state index >= 15 is 0 Å². The van der Waals surface area contributed by atoms with Gasteiger partial charge < -0.3 is 14.7 Å². The van der Waals surface area contributed by atoms with Crippen LogP contribution in [0.15, 0.2) is 24.3 Å². The van der Waals surface area contributed by atoms with Gasteiger partial charge in [0.25, 0.3) is 5.91 Å². The molecule has 5 rings (SSSR count). The Balaban J connectivity index is 1.24. The molecule has 0 spiro atoms. The third-order valence-electron chi connectivity index (χ3n) is 8.19. The maximum atomic E-state index is 13.4. The van der Waals surface area contributed by atoms with Gasteiger partial charge in [0, 0.05) is 50.7 Å². The predicted octanol–water partition coefficient (Wildman–Crippen LogP) is 1.88. The van der Waals surface area contributed by atoms with E-state index < -0.39 is 0 Å². The van der Waals surface area contributed by atoms with Gasteiger partial charge in [0.05, 0.1) is 18.2 Å².